The summed E-state index contributed by atoms with van der Waals surface area (Å²) in [4.78, 5) is 13.9. The smallest absolute Gasteiger partial charge is 0.315 e. The molecule has 2 atom stereocenters. The lowest BCUT2D eigenvalue weighted by atomic mass is 9.59. The maximum Gasteiger partial charge on any atom is 0.315 e. The highest BCUT2D eigenvalue weighted by atomic mass is 16.5. The third kappa shape index (κ3) is 3.48. The van der Waals surface area contributed by atoms with Gasteiger partial charge in [-0.15, -0.1) is 0 Å². The van der Waals surface area contributed by atoms with Crippen molar-refractivity contribution in [3.05, 3.63) is 113 Å². The summed E-state index contributed by atoms with van der Waals surface area (Å²) in [6, 6.07) is 31.2. The fourth-order valence-electron chi connectivity index (χ4n) is 5.18. The van der Waals surface area contributed by atoms with Crippen molar-refractivity contribution in [2.24, 2.45) is 0 Å². The van der Waals surface area contributed by atoms with Crippen molar-refractivity contribution >= 4 is 5.97 Å². The van der Waals surface area contributed by atoms with Crippen molar-refractivity contribution in [2.75, 3.05) is 6.61 Å². The summed E-state index contributed by atoms with van der Waals surface area (Å²) in [6.45, 7) is 3.86. The molecule has 0 N–H and O–H groups in total. The second-order valence-electron chi connectivity index (χ2n) is 8.46. The quantitative estimate of drug-likeness (QED) is 0.385. The first-order valence-corrected chi connectivity index (χ1v) is 11.6. The molecule has 1 aromatic heterocycles. The predicted octanol–water partition coefficient (Wildman–Crippen LogP) is 5.10. The Morgan fingerprint density at radius 1 is 1.00 bits per heavy atom. The van der Waals surface area contributed by atoms with Crippen molar-refractivity contribution < 1.29 is 14.3 Å². The minimum atomic E-state index is -1.15. The summed E-state index contributed by atoms with van der Waals surface area (Å²) < 4.78 is 13.8. The molecule has 4 aromatic rings. The third-order valence-electron chi connectivity index (χ3n) is 6.59. The average Bonchev–Trinajstić information content (AvgIpc) is 3.24. The Morgan fingerprint density at radius 2 is 1.54 bits per heavy atom. The fourth-order valence-corrected chi connectivity index (χ4v) is 5.18. The van der Waals surface area contributed by atoms with E-state index in [1.165, 1.54) is 0 Å². The Morgan fingerprint density at radius 3 is 2.06 bits per heavy atom. The van der Waals surface area contributed by atoms with Crippen LogP contribution in [0.25, 0.3) is 5.69 Å². The largest absolute Gasteiger partial charge is 0.465 e. The van der Waals surface area contributed by atoms with Gasteiger partial charge in [0.2, 0.25) is 12.0 Å². The molecule has 0 spiro atoms. The van der Waals surface area contributed by atoms with Crippen molar-refractivity contribution in [2.45, 2.75) is 31.3 Å². The van der Waals surface area contributed by atoms with E-state index in [1.54, 1.807) is 11.6 Å². The van der Waals surface area contributed by atoms with Crippen molar-refractivity contribution in [3.8, 4) is 17.6 Å². The minimum Gasteiger partial charge on any atom is -0.465 e. The summed E-state index contributed by atoms with van der Waals surface area (Å²) in [7, 11) is 0. The van der Waals surface area contributed by atoms with Crippen molar-refractivity contribution in [3.63, 3.8) is 0 Å². The highest BCUT2D eigenvalue weighted by Gasteiger charge is 2.59. The van der Waals surface area contributed by atoms with Gasteiger partial charge in [0.1, 0.15) is 12.0 Å². The Hall–Kier alpha value is -4.37. The number of hydrogen-bond donors (Lipinski definition) is 0. The number of esters is 1. The lowest BCUT2D eigenvalue weighted by molar-refractivity contribution is -0.148. The average molecular weight is 464 g/mol. The van der Waals surface area contributed by atoms with E-state index in [-0.39, 0.29) is 6.61 Å². The van der Waals surface area contributed by atoms with E-state index >= 15 is 0 Å². The molecule has 6 nitrogen and oxygen atoms in total. The Labute approximate surface area is 204 Å². The summed E-state index contributed by atoms with van der Waals surface area (Å²) in [5.74, 6) is -0.875. The summed E-state index contributed by atoms with van der Waals surface area (Å²) in [5.41, 5.74) is 2.51. The summed E-state index contributed by atoms with van der Waals surface area (Å²) in [5, 5.41) is 15.3. The number of rotatable bonds is 5. The molecule has 0 fully saturated rings. The number of carbonyl (C=O) groups is 1. The summed E-state index contributed by atoms with van der Waals surface area (Å²) >= 11 is 0. The zero-order valence-electron chi connectivity index (χ0n) is 19.6. The number of hydrogen-bond acceptors (Lipinski definition) is 5. The minimum absolute atomic E-state index is 0.217. The lowest BCUT2D eigenvalue weighted by Crippen LogP contribution is -2.54. The number of aromatic nitrogens is 2. The van der Waals surface area contributed by atoms with Crippen LogP contribution in [0.3, 0.4) is 0 Å². The molecule has 3 aromatic carbocycles. The SMILES string of the molecule is CCOC(=O)C1c2c(C)nn(-c3ccccc3)c2OC(C#N)C1(c1ccccc1)c1ccccc1. The van der Waals surface area contributed by atoms with Crippen LogP contribution in [-0.4, -0.2) is 28.5 Å². The van der Waals surface area contributed by atoms with Crippen LogP contribution in [0.2, 0.25) is 0 Å². The van der Waals surface area contributed by atoms with Crippen LogP contribution in [0.15, 0.2) is 91.0 Å². The van der Waals surface area contributed by atoms with Crippen LogP contribution in [0.5, 0.6) is 5.88 Å². The zero-order chi connectivity index (χ0) is 24.4. The van der Waals surface area contributed by atoms with Crippen LogP contribution in [0.1, 0.15) is 35.2 Å². The molecule has 0 aliphatic carbocycles. The molecule has 2 unspecified atom stereocenters. The van der Waals surface area contributed by atoms with Crippen LogP contribution in [-0.2, 0) is 14.9 Å². The molecule has 6 heteroatoms. The van der Waals surface area contributed by atoms with Gasteiger partial charge in [-0.3, -0.25) is 4.79 Å². The highest BCUT2D eigenvalue weighted by molar-refractivity contribution is 5.85. The van der Waals surface area contributed by atoms with Gasteiger partial charge in [-0.2, -0.15) is 10.4 Å². The maximum atomic E-state index is 13.9. The Balaban J connectivity index is 1.88. The normalized spacial score (nSPS) is 18.1. The van der Waals surface area contributed by atoms with Gasteiger partial charge in [0.25, 0.3) is 0 Å². The second-order valence-corrected chi connectivity index (χ2v) is 8.46. The molecule has 0 saturated carbocycles. The van der Waals surface area contributed by atoms with E-state index in [2.05, 4.69) is 6.07 Å². The van der Waals surface area contributed by atoms with Crippen molar-refractivity contribution in [1.82, 2.24) is 9.78 Å². The van der Waals surface area contributed by atoms with E-state index in [4.69, 9.17) is 14.6 Å². The van der Waals surface area contributed by atoms with Gasteiger partial charge in [-0.05, 0) is 37.1 Å². The van der Waals surface area contributed by atoms with Gasteiger partial charge in [0.15, 0.2) is 0 Å². The van der Waals surface area contributed by atoms with E-state index in [9.17, 15) is 10.1 Å². The van der Waals surface area contributed by atoms with Gasteiger partial charge in [0.05, 0.1) is 29.0 Å². The van der Waals surface area contributed by atoms with Crippen LogP contribution >= 0.6 is 0 Å². The standard InChI is InChI=1S/C29H25N3O3/c1-3-34-28(33)26-25-20(2)31-32(23-17-11-6-12-18-23)27(25)35-24(19-30)29(26,21-13-7-4-8-14-21)22-15-9-5-10-16-22/h4-18,24,26H,3H2,1-2H3. The Kier molecular flexibility index (Phi) is 5.84. The first-order chi connectivity index (χ1) is 17.1. The molecule has 0 bridgehead atoms. The fraction of sp³-hybridized carbons (Fsp3) is 0.207. The molecule has 35 heavy (non-hydrogen) atoms. The number of ether oxygens (including phenoxy) is 2. The molecule has 5 rings (SSSR count). The number of nitriles is 1. The van der Waals surface area contributed by atoms with Gasteiger partial charge in [-0.25, -0.2) is 4.68 Å². The molecule has 1 aliphatic rings. The van der Waals surface area contributed by atoms with E-state index < -0.39 is 23.4 Å². The topological polar surface area (TPSA) is 77.1 Å². The molecular weight excluding hydrogens is 438 g/mol. The van der Waals surface area contributed by atoms with Gasteiger partial charge < -0.3 is 9.47 Å². The lowest BCUT2D eigenvalue weighted by Gasteiger charge is -2.46. The number of nitrogens with zero attached hydrogens (tertiary/aromatic N) is 3. The number of carbonyl (C=O) groups excluding carboxylic acids is 1. The molecule has 0 amide bonds. The first kappa shape index (κ1) is 22.4. The number of para-hydroxylation sites is 1. The highest BCUT2D eigenvalue weighted by Crippen LogP contribution is 2.55. The molecule has 174 valence electrons. The number of aryl methyl sites for hydroxylation is 1. The zero-order valence-corrected chi connectivity index (χ0v) is 19.6. The molecule has 1 aliphatic heterocycles. The monoisotopic (exact) mass is 463 g/mol. The van der Waals surface area contributed by atoms with Crippen LogP contribution in [0.4, 0.5) is 0 Å². The Bertz CT molecular complexity index is 1340. The number of benzene rings is 3. The first-order valence-electron chi connectivity index (χ1n) is 11.6. The molecule has 2 heterocycles. The third-order valence-corrected chi connectivity index (χ3v) is 6.59. The predicted molar refractivity (Wildman–Crippen MR) is 131 cm³/mol. The molecule has 0 radical (unpaired) electrons. The molecular formula is C29H25N3O3. The van der Waals surface area contributed by atoms with E-state index in [0.29, 0.717) is 17.1 Å². The van der Waals surface area contributed by atoms with Crippen LogP contribution < -0.4 is 4.74 Å². The van der Waals surface area contributed by atoms with Gasteiger partial charge in [-0.1, -0.05) is 78.9 Å². The molecule has 0 saturated heterocycles. The van der Waals surface area contributed by atoms with E-state index in [0.717, 1.165) is 16.8 Å². The van der Waals surface area contributed by atoms with Crippen LogP contribution in [0, 0.1) is 18.3 Å². The maximum absolute atomic E-state index is 13.9. The van der Waals surface area contributed by atoms with Crippen molar-refractivity contribution in [1.29, 1.82) is 5.26 Å². The summed E-state index contributed by atoms with van der Waals surface area (Å²) in [6.07, 6.45) is -1.02. The second kappa shape index (κ2) is 9.11. The number of fused-ring (bicyclic) bond motifs is 1. The van der Waals surface area contributed by atoms with Gasteiger partial charge in [0, 0.05) is 0 Å². The van der Waals surface area contributed by atoms with E-state index in [1.807, 2.05) is 97.9 Å². The van der Waals surface area contributed by atoms with Gasteiger partial charge >= 0.3 is 5.97 Å².